The molecule has 2 aliphatic rings. The number of hydrogen-bond donors (Lipinski definition) is 1. The number of nitrogens with zero attached hydrogens (tertiary/aromatic N) is 2. The van der Waals surface area contributed by atoms with Gasteiger partial charge in [0.15, 0.2) is 0 Å². The van der Waals surface area contributed by atoms with Crippen molar-refractivity contribution in [1.29, 1.82) is 0 Å². The Hall–Kier alpha value is -0.120. The Morgan fingerprint density at radius 3 is 2.37 bits per heavy atom. The van der Waals surface area contributed by atoms with E-state index < -0.39 is 0 Å². The fourth-order valence-corrected chi connectivity index (χ4v) is 3.82. The third-order valence-electron chi connectivity index (χ3n) is 5.50. The highest BCUT2D eigenvalue weighted by molar-refractivity contribution is 4.89. The third-order valence-corrected chi connectivity index (χ3v) is 5.50. The fourth-order valence-electron chi connectivity index (χ4n) is 3.82. The normalized spacial score (nSPS) is 35.7. The molecule has 0 aromatic carbocycles. The molecule has 0 aromatic heterocycles. The monoisotopic (exact) mass is 267 g/mol. The predicted octanol–water partition coefficient (Wildman–Crippen LogP) is 2.04. The summed E-state index contributed by atoms with van der Waals surface area (Å²) in [5.41, 5.74) is 0. The lowest BCUT2D eigenvalue weighted by atomic mass is 9.85. The minimum absolute atomic E-state index is 0.730. The zero-order chi connectivity index (χ0) is 13.8. The van der Waals surface area contributed by atoms with Crippen molar-refractivity contribution < 1.29 is 0 Å². The Labute approximate surface area is 119 Å². The average Bonchev–Trinajstić information content (AvgIpc) is 2.41. The van der Waals surface area contributed by atoms with Gasteiger partial charge in [0.2, 0.25) is 0 Å². The van der Waals surface area contributed by atoms with Gasteiger partial charge in [-0.25, -0.2) is 0 Å². The molecule has 3 heteroatoms. The van der Waals surface area contributed by atoms with Gasteiger partial charge >= 0.3 is 0 Å². The highest BCUT2D eigenvalue weighted by Crippen LogP contribution is 2.26. The maximum absolute atomic E-state index is 3.66. The van der Waals surface area contributed by atoms with Crippen molar-refractivity contribution in [3.05, 3.63) is 0 Å². The summed E-state index contributed by atoms with van der Waals surface area (Å²) in [5.74, 6) is 1.71. The van der Waals surface area contributed by atoms with E-state index in [0.29, 0.717) is 0 Å². The van der Waals surface area contributed by atoms with Gasteiger partial charge in [0.05, 0.1) is 0 Å². The van der Waals surface area contributed by atoms with E-state index in [-0.39, 0.29) is 0 Å². The van der Waals surface area contributed by atoms with Crippen LogP contribution in [-0.4, -0.2) is 61.7 Å². The summed E-state index contributed by atoms with van der Waals surface area (Å²) < 4.78 is 0. The lowest BCUT2D eigenvalue weighted by Crippen LogP contribution is -2.54. The first-order valence-corrected chi connectivity index (χ1v) is 8.27. The molecule has 1 N–H and O–H groups in total. The molecule has 0 amide bonds. The van der Waals surface area contributed by atoms with Crippen molar-refractivity contribution in [3.63, 3.8) is 0 Å². The molecule has 0 radical (unpaired) electrons. The maximum Gasteiger partial charge on any atom is 0.0120 e. The van der Waals surface area contributed by atoms with Crippen molar-refractivity contribution >= 4 is 0 Å². The lowest BCUT2D eigenvalue weighted by molar-refractivity contribution is 0.0585. The molecule has 2 fully saturated rings. The van der Waals surface area contributed by atoms with Crippen LogP contribution >= 0.6 is 0 Å². The molecule has 2 heterocycles. The Balaban J connectivity index is 1.81. The minimum Gasteiger partial charge on any atom is -0.314 e. The molecule has 3 nitrogen and oxygen atoms in total. The van der Waals surface area contributed by atoms with Crippen molar-refractivity contribution in [2.45, 2.75) is 52.1 Å². The molecule has 3 atom stereocenters. The van der Waals surface area contributed by atoms with E-state index in [0.717, 1.165) is 30.5 Å². The highest BCUT2D eigenvalue weighted by Gasteiger charge is 2.33. The molecule has 2 aliphatic heterocycles. The van der Waals surface area contributed by atoms with E-state index in [9.17, 15) is 0 Å². The van der Waals surface area contributed by atoms with Gasteiger partial charge in [0.25, 0.3) is 0 Å². The molecular weight excluding hydrogens is 234 g/mol. The smallest absolute Gasteiger partial charge is 0.0120 e. The van der Waals surface area contributed by atoms with Crippen LogP contribution in [0.25, 0.3) is 0 Å². The molecule has 0 spiro atoms. The van der Waals surface area contributed by atoms with Gasteiger partial charge in [-0.3, -0.25) is 0 Å². The first-order chi connectivity index (χ1) is 9.11. The summed E-state index contributed by atoms with van der Waals surface area (Å²) in [7, 11) is 2.25. The Bertz CT molecular complexity index is 261. The molecule has 0 saturated carbocycles. The van der Waals surface area contributed by atoms with E-state index >= 15 is 0 Å². The second kappa shape index (κ2) is 7.05. The third kappa shape index (κ3) is 3.93. The quantitative estimate of drug-likeness (QED) is 0.841. The van der Waals surface area contributed by atoms with E-state index in [1.54, 1.807) is 0 Å². The lowest BCUT2D eigenvalue weighted by Gasteiger charge is -2.45. The molecule has 3 unspecified atom stereocenters. The molecule has 0 bridgehead atoms. The number of nitrogens with one attached hydrogen (secondary N) is 1. The summed E-state index contributed by atoms with van der Waals surface area (Å²) in [5, 5.41) is 3.66. The fraction of sp³-hybridized carbons (Fsp3) is 1.00. The zero-order valence-electron chi connectivity index (χ0n) is 13.4. The van der Waals surface area contributed by atoms with Crippen LogP contribution in [0, 0.1) is 11.8 Å². The van der Waals surface area contributed by atoms with Crippen LogP contribution in [0.2, 0.25) is 0 Å². The van der Waals surface area contributed by atoms with Gasteiger partial charge in [-0.15, -0.1) is 0 Å². The number of rotatable bonds is 4. The summed E-state index contributed by atoms with van der Waals surface area (Å²) in [6.45, 7) is 13.4. The minimum atomic E-state index is 0.730. The van der Waals surface area contributed by atoms with Gasteiger partial charge in [0, 0.05) is 18.6 Å². The number of piperidine rings is 2. The molecule has 19 heavy (non-hydrogen) atoms. The van der Waals surface area contributed by atoms with Gasteiger partial charge in [-0.2, -0.15) is 0 Å². The van der Waals surface area contributed by atoms with Gasteiger partial charge in [-0.05, 0) is 71.2 Å². The number of hydrogen-bond acceptors (Lipinski definition) is 3. The standard InChI is InChI=1S/C16H33N3/c1-5-17-16-8-11-19(14(3)13(16)2)12-15-6-9-18(4)10-7-15/h13-17H,5-12H2,1-4H3. The maximum atomic E-state index is 3.66. The van der Waals surface area contributed by atoms with Crippen molar-refractivity contribution in [1.82, 2.24) is 15.1 Å². The first-order valence-electron chi connectivity index (χ1n) is 8.27. The number of likely N-dealkylation sites (tertiary alicyclic amines) is 2. The van der Waals surface area contributed by atoms with Crippen LogP contribution in [0.3, 0.4) is 0 Å². The van der Waals surface area contributed by atoms with Crippen LogP contribution in [-0.2, 0) is 0 Å². The zero-order valence-corrected chi connectivity index (χ0v) is 13.4. The van der Waals surface area contributed by atoms with E-state index in [1.165, 1.54) is 45.4 Å². The SMILES string of the molecule is CCNC1CCN(CC2CCN(C)CC2)C(C)C1C. The second-order valence-corrected chi connectivity index (χ2v) is 6.79. The molecular formula is C16H33N3. The van der Waals surface area contributed by atoms with Crippen molar-refractivity contribution in [2.75, 3.05) is 39.8 Å². The summed E-state index contributed by atoms with van der Waals surface area (Å²) in [4.78, 5) is 5.23. The molecule has 2 saturated heterocycles. The molecule has 0 aromatic rings. The van der Waals surface area contributed by atoms with Crippen LogP contribution in [0.5, 0.6) is 0 Å². The van der Waals surface area contributed by atoms with Crippen LogP contribution in [0.15, 0.2) is 0 Å². The van der Waals surface area contributed by atoms with Gasteiger partial charge in [0.1, 0.15) is 0 Å². The van der Waals surface area contributed by atoms with Crippen molar-refractivity contribution in [3.8, 4) is 0 Å². The Kier molecular flexibility index (Phi) is 5.67. The highest BCUT2D eigenvalue weighted by atomic mass is 15.2. The van der Waals surface area contributed by atoms with Crippen LogP contribution < -0.4 is 5.32 Å². The predicted molar refractivity (Wildman–Crippen MR) is 82.5 cm³/mol. The molecule has 2 rings (SSSR count). The van der Waals surface area contributed by atoms with E-state index in [2.05, 4.69) is 42.9 Å². The van der Waals surface area contributed by atoms with Crippen LogP contribution in [0.1, 0.15) is 40.0 Å². The first kappa shape index (κ1) is 15.3. The second-order valence-electron chi connectivity index (χ2n) is 6.79. The Morgan fingerprint density at radius 2 is 1.74 bits per heavy atom. The van der Waals surface area contributed by atoms with Gasteiger partial charge in [-0.1, -0.05) is 13.8 Å². The van der Waals surface area contributed by atoms with E-state index in [4.69, 9.17) is 0 Å². The van der Waals surface area contributed by atoms with Gasteiger partial charge < -0.3 is 15.1 Å². The molecule has 0 aliphatic carbocycles. The summed E-state index contributed by atoms with van der Waals surface area (Å²) >= 11 is 0. The molecule has 112 valence electrons. The van der Waals surface area contributed by atoms with Crippen molar-refractivity contribution in [2.24, 2.45) is 11.8 Å². The largest absolute Gasteiger partial charge is 0.314 e. The summed E-state index contributed by atoms with van der Waals surface area (Å²) in [6.07, 6.45) is 4.11. The average molecular weight is 267 g/mol. The topological polar surface area (TPSA) is 18.5 Å². The van der Waals surface area contributed by atoms with Crippen LogP contribution in [0.4, 0.5) is 0 Å². The summed E-state index contributed by atoms with van der Waals surface area (Å²) in [6, 6.07) is 1.46. The van der Waals surface area contributed by atoms with E-state index in [1.807, 2.05) is 0 Å². The Morgan fingerprint density at radius 1 is 1.05 bits per heavy atom.